The number of hydrogen-bond acceptors (Lipinski definition) is 1. The molecule has 0 amide bonds. The van der Waals surface area contributed by atoms with E-state index < -0.39 is 0 Å². The fourth-order valence-corrected chi connectivity index (χ4v) is 0.579. The molecular formula is C6H10O. The first kappa shape index (κ1) is 4.85. The van der Waals surface area contributed by atoms with Gasteiger partial charge in [-0.3, -0.25) is 0 Å². The smallest absolute Gasteiger partial charge is 0.0493 e. The van der Waals surface area contributed by atoms with Gasteiger partial charge < -0.3 is 5.11 Å². The maximum absolute atomic E-state index is 8.50. The Bertz CT molecular complexity index is 94.4. The Balaban J connectivity index is 2.24. The van der Waals surface area contributed by atoms with Crippen molar-refractivity contribution >= 4 is 0 Å². The molecule has 0 aliphatic heterocycles. The van der Waals surface area contributed by atoms with Crippen LogP contribution in [-0.4, -0.2) is 11.7 Å². The van der Waals surface area contributed by atoms with E-state index in [2.05, 4.69) is 6.08 Å². The fourth-order valence-electron chi connectivity index (χ4n) is 0.579. The molecule has 0 aromatic heterocycles. The van der Waals surface area contributed by atoms with Crippen LogP contribution in [0.25, 0.3) is 0 Å². The summed E-state index contributed by atoms with van der Waals surface area (Å²) in [5, 5.41) is 8.50. The van der Waals surface area contributed by atoms with Gasteiger partial charge >= 0.3 is 0 Å². The summed E-state index contributed by atoms with van der Waals surface area (Å²) in [4.78, 5) is 0. The third-order valence-electron chi connectivity index (χ3n) is 1.35. The summed E-state index contributed by atoms with van der Waals surface area (Å²) >= 11 is 0. The standard InChI is InChI=1S/C6H10O/c1-5(4-7)6-2-3-6/h2,5,7H,3-4H2,1H3. The second-order valence-electron chi connectivity index (χ2n) is 2.07. The average Bonchev–Trinajstić information content (AvgIpc) is 2.44. The number of hydrogen-bond donors (Lipinski definition) is 1. The van der Waals surface area contributed by atoms with Gasteiger partial charge in [-0.25, -0.2) is 0 Å². The van der Waals surface area contributed by atoms with Crippen LogP contribution in [0.3, 0.4) is 0 Å². The maximum atomic E-state index is 8.50. The lowest BCUT2D eigenvalue weighted by Gasteiger charge is -1.97. The number of aliphatic hydroxyl groups excluding tert-OH is 1. The molecule has 1 rings (SSSR count). The van der Waals surface area contributed by atoms with Gasteiger partial charge in [-0.2, -0.15) is 0 Å². The predicted molar refractivity (Wildman–Crippen MR) is 28.9 cm³/mol. The molecule has 1 aliphatic rings. The molecule has 0 radical (unpaired) electrons. The third kappa shape index (κ3) is 1.03. The van der Waals surface area contributed by atoms with Crippen LogP contribution in [-0.2, 0) is 0 Å². The van der Waals surface area contributed by atoms with Gasteiger partial charge in [0.1, 0.15) is 0 Å². The van der Waals surface area contributed by atoms with E-state index in [4.69, 9.17) is 5.11 Å². The highest BCUT2D eigenvalue weighted by molar-refractivity contribution is 5.23. The Hall–Kier alpha value is -0.300. The summed E-state index contributed by atoms with van der Waals surface area (Å²) < 4.78 is 0. The average molecular weight is 98.1 g/mol. The summed E-state index contributed by atoms with van der Waals surface area (Å²) in [5.41, 5.74) is 1.42. The third-order valence-corrected chi connectivity index (χ3v) is 1.35. The Morgan fingerprint density at radius 3 is 2.71 bits per heavy atom. The first-order valence-electron chi connectivity index (χ1n) is 2.64. The van der Waals surface area contributed by atoms with Crippen LogP contribution in [0.4, 0.5) is 0 Å². The topological polar surface area (TPSA) is 20.2 Å². The second-order valence-corrected chi connectivity index (χ2v) is 2.07. The molecule has 0 heterocycles. The summed E-state index contributed by atoms with van der Waals surface area (Å²) in [5.74, 6) is 0.431. The largest absolute Gasteiger partial charge is 0.396 e. The minimum absolute atomic E-state index is 0.311. The molecule has 0 fully saturated rings. The Kier molecular flexibility index (Phi) is 1.15. The molecule has 0 saturated carbocycles. The van der Waals surface area contributed by atoms with E-state index in [1.807, 2.05) is 6.92 Å². The summed E-state index contributed by atoms with van der Waals surface area (Å²) in [6.07, 6.45) is 3.29. The molecule has 0 aromatic rings. The highest BCUT2D eigenvalue weighted by Gasteiger charge is 2.13. The van der Waals surface area contributed by atoms with Gasteiger partial charge in [-0.15, -0.1) is 0 Å². The van der Waals surface area contributed by atoms with E-state index in [0.717, 1.165) is 6.42 Å². The van der Waals surface area contributed by atoms with E-state index in [1.54, 1.807) is 0 Å². The minimum atomic E-state index is 0.311. The van der Waals surface area contributed by atoms with Crippen molar-refractivity contribution < 1.29 is 5.11 Å². The SMILES string of the molecule is CC(CO)C1=CC1. The summed E-state index contributed by atoms with van der Waals surface area (Å²) in [6, 6.07) is 0. The minimum Gasteiger partial charge on any atom is -0.396 e. The zero-order valence-corrected chi connectivity index (χ0v) is 4.52. The Morgan fingerprint density at radius 1 is 2.00 bits per heavy atom. The quantitative estimate of drug-likeness (QED) is 0.510. The zero-order valence-electron chi connectivity index (χ0n) is 4.52. The first-order chi connectivity index (χ1) is 3.34. The van der Waals surface area contributed by atoms with E-state index in [1.165, 1.54) is 5.57 Å². The second kappa shape index (κ2) is 1.66. The lowest BCUT2D eigenvalue weighted by molar-refractivity contribution is 0.258. The lowest BCUT2D eigenvalue weighted by Crippen LogP contribution is -1.96. The summed E-state index contributed by atoms with van der Waals surface area (Å²) in [6.45, 7) is 2.35. The normalized spacial score (nSPS) is 21.1. The van der Waals surface area contributed by atoms with Crippen LogP contribution in [0.15, 0.2) is 11.6 Å². The summed E-state index contributed by atoms with van der Waals surface area (Å²) in [7, 11) is 0. The van der Waals surface area contributed by atoms with E-state index in [9.17, 15) is 0 Å². The van der Waals surface area contributed by atoms with Crippen molar-refractivity contribution in [3.63, 3.8) is 0 Å². The van der Waals surface area contributed by atoms with Crippen molar-refractivity contribution in [1.29, 1.82) is 0 Å². The zero-order chi connectivity index (χ0) is 5.28. The monoisotopic (exact) mass is 98.1 g/mol. The number of aliphatic hydroxyl groups is 1. The Labute approximate surface area is 43.7 Å². The molecular weight excluding hydrogens is 88.1 g/mol. The molecule has 1 aliphatic carbocycles. The highest BCUT2D eigenvalue weighted by Crippen LogP contribution is 2.26. The van der Waals surface area contributed by atoms with Crippen LogP contribution in [0.5, 0.6) is 0 Å². The predicted octanol–water partition coefficient (Wildman–Crippen LogP) is 0.945. The van der Waals surface area contributed by atoms with Crippen molar-refractivity contribution in [2.24, 2.45) is 5.92 Å². The number of rotatable bonds is 2. The molecule has 1 atom stereocenters. The molecule has 0 spiro atoms. The number of allylic oxidation sites excluding steroid dienone is 1. The molecule has 1 unspecified atom stereocenters. The molecule has 1 N–H and O–H groups in total. The molecule has 0 bridgehead atoms. The molecule has 1 heteroatoms. The van der Waals surface area contributed by atoms with Gasteiger partial charge in [0.2, 0.25) is 0 Å². The van der Waals surface area contributed by atoms with Crippen LogP contribution in [0, 0.1) is 5.92 Å². The molecule has 40 valence electrons. The van der Waals surface area contributed by atoms with E-state index in [0.29, 0.717) is 12.5 Å². The first-order valence-corrected chi connectivity index (χ1v) is 2.64. The van der Waals surface area contributed by atoms with Crippen LogP contribution < -0.4 is 0 Å². The van der Waals surface area contributed by atoms with Crippen molar-refractivity contribution in [2.75, 3.05) is 6.61 Å². The molecule has 1 nitrogen and oxygen atoms in total. The molecule has 7 heavy (non-hydrogen) atoms. The van der Waals surface area contributed by atoms with Crippen LogP contribution in [0.2, 0.25) is 0 Å². The van der Waals surface area contributed by atoms with Crippen molar-refractivity contribution in [2.45, 2.75) is 13.3 Å². The molecule has 0 aromatic carbocycles. The fraction of sp³-hybridized carbons (Fsp3) is 0.667. The van der Waals surface area contributed by atoms with Gasteiger partial charge in [0.15, 0.2) is 0 Å². The van der Waals surface area contributed by atoms with Gasteiger partial charge in [-0.05, 0) is 6.42 Å². The Morgan fingerprint density at radius 2 is 2.57 bits per heavy atom. The van der Waals surface area contributed by atoms with Crippen LogP contribution in [0.1, 0.15) is 13.3 Å². The maximum Gasteiger partial charge on any atom is 0.0493 e. The van der Waals surface area contributed by atoms with E-state index in [-0.39, 0.29) is 0 Å². The van der Waals surface area contributed by atoms with Gasteiger partial charge in [0, 0.05) is 12.5 Å². The van der Waals surface area contributed by atoms with Gasteiger partial charge in [-0.1, -0.05) is 18.6 Å². The van der Waals surface area contributed by atoms with Gasteiger partial charge in [0.05, 0.1) is 0 Å². The molecule has 0 saturated heterocycles. The lowest BCUT2D eigenvalue weighted by atomic mass is 10.1. The van der Waals surface area contributed by atoms with Crippen LogP contribution >= 0.6 is 0 Å². The van der Waals surface area contributed by atoms with Crippen molar-refractivity contribution in [3.8, 4) is 0 Å². The van der Waals surface area contributed by atoms with Crippen molar-refractivity contribution in [3.05, 3.63) is 11.6 Å². The van der Waals surface area contributed by atoms with Crippen molar-refractivity contribution in [1.82, 2.24) is 0 Å². The van der Waals surface area contributed by atoms with Gasteiger partial charge in [0.25, 0.3) is 0 Å². The highest BCUT2D eigenvalue weighted by atomic mass is 16.3. The van der Waals surface area contributed by atoms with E-state index >= 15 is 0 Å².